The first-order valence-electron chi connectivity index (χ1n) is 5.76. The standard InChI is InChI=1S/C14H17N3/c1-10-4-5-13(11(2)8-10)17-12(3)14-9-15-6-7-16-14/h4-9,12,17H,1-3H3. The van der Waals surface area contributed by atoms with Crippen molar-refractivity contribution >= 4 is 5.69 Å². The lowest BCUT2D eigenvalue weighted by Gasteiger charge is -2.16. The first-order valence-corrected chi connectivity index (χ1v) is 5.76. The summed E-state index contributed by atoms with van der Waals surface area (Å²) < 4.78 is 0. The number of nitrogens with one attached hydrogen (secondary N) is 1. The lowest BCUT2D eigenvalue weighted by atomic mass is 10.1. The number of anilines is 1. The molecule has 1 aromatic heterocycles. The highest BCUT2D eigenvalue weighted by Crippen LogP contribution is 2.21. The number of rotatable bonds is 3. The molecule has 0 aliphatic heterocycles. The van der Waals surface area contributed by atoms with Gasteiger partial charge in [0, 0.05) is 18.1 Å². The quantitative estimate of drug-likeness (QED) is 0.874. The van der Waals surface area contributed by atoms with E-state index < -0.39 is 0 Å². The summed E-state index contributed by atoms with van der Waals surface area (Å²) in [5.41, 5.74) is 4.63. The third-order valence-electron chi connectivity index (χ3n) is 2.78. The third kappa shape index (κ3) is 2.81. The Kier molecular flexibility index (Phi) is 3.38. The van der Waals surface area contributed by atoms with E-state index in [0.29, 0.717) is 0 Å². The largest absolute Gasteiger partial charge is 0.377 e. The molecule has 0 radical (unpaired) electrons. The van der Waals surface area contributed by atoms with Crippen LogP contribution in [-0.4, -0.2) is 9.97 Å². The summed E-state index contributed by atoms with van der Waals surface area (Å²) in [5.74, 6) is 0. The highest BCUT2D eigenvalue weighted by atomic mass is 14.9. The minimum Gasteiger partial charge on any atom is -0.377 e. The molecule has 0 bridgehead atoms. The summed E-state index contributed by atoms with van der Waals surface area (Å²) in [6, 6.07) is 6.55. The minimum absolute atomic E-state index is 0.158. The van der Waals surface area contributed by atoms with Crippen molar-refractivity contribution in [2.45, 2.75) is 26.8 Å². The molecular formula is C14H17N3. The van der Waals surface area contributed by atoms with Crippen LogP contribution in [0.4, 0.5) is 5.69 Å². The number of hydrogen-bond donors (Lipinski definition) is 1. The second-order valence-corrected chi connectivity index (χ2v) is 4.31. The molecule has 3 nitrogen and oxygen atoms in total. The van der Waals surface area contributed by atoms with Crippen LogP contribution in [-0.2, 0) is 0 Å². The SMILES string of the molecule is Cc1ccc(NC(C)c2cnccn2)c(C)c1. The molecule has 0 saturated carbocycles. The average Bonchev–Trinajstić information content (AvgIpc) is 2.34. The van der Waals surface area contributed by atoms with Crippen molar-refractivity contribution in [1.29, 1.82) is 0 Å². The molecule has 1 unspecified atom stereocenters. The van der Waals surface area contributed by atoms with Crippen LogP contribution in [0.15, 0.2) is 36.8 Å². The molecule has 1 atom stereocenters. The van der Waals surface area contributed by atoms with Crippen LogP contribution in [0.2, 0.25) is 0 Å². The molecule has 1 aromatic carbocycles. The maximum absolute atomic E-state index is 4.30. The Morgan fingerprint density at radius 2 is 2.00 bits per heavy atom. The molecule has 1 N–H and O–H groups in total. The van der Waals surface area contributed by atoms with Crippen molar-refractivity contribution in [3.05, 3.63) is 53.6 Å². The fourth-order valence-electron chi connectivity index (χ4n) is 1.82. The molecule has 0 spiro atoms. The van der Waals surface area contributed by atoms with E-state index in [4.69, 9.17) is 0 Å². The van der Waals surface area contributed by atoms with E-state index >= 15 is 0 Å². The Labute approximate surface area is 102 Å². The summed E-state index contributed by atoms with van der Waals surface area (Å²) in [6.45, 7) is 6.30. The Balaban J connectivity index is 2.16. The van der Waals surface area contributed by atoms with Gasteiger partial charge in [0.15, 0.2) is 0 Å². The topological polar surface area (TPSA) is 37.8 Å². The number of nitrogens with zero attached hydrogens (tertiary/aromatic N) is 2. The van der Waals surface area contributed by atoms with Gasteiger partial charge >= 0.3 is 0 Å². The molecule has 3 heteroatoms. The first kappa shape index (κ1) is 11.6. The highest BCUT2D eigenvalue weighted by molar-refractivity contribution is 5.52. The Morgan fingerprint density at radius 1 is 1.18 bits per heavy atom. The number of hydrogen-bond acceptors (Lipinski definition) is 3. The predicted octanol–water partition coefficient (Wildman–Crippen LogP) is 3.27. The van der Waals surface area contributed by atoms with Crippen molar-refractivity contribution in [3.8, 4) is 0 Å². The van der Waals surface area contributed by atoms with Crippen molar-refractivity contribution in [2.24, 2.45) is 0 Å². The van der Waals surface area contributed by atoms with Gasteiger partial charge in [0.25, 0.3) is 0 Å². The number of aryl methyl sites for hydroxylation is 2. The van der Waals surface area contributed by atoms with E-state index in [9.17, 15) is 0 Å². The molecule has 0 saturated heterocycles. The van der Waals surface area contributed by atoms with Crippen LogP contribution in [0.3, 0.4) is 0 Å². The second-order valence-electron chi connectivity index (χ2n) is 4.31. The van der Waals surface area contributed by atoms with Gasteiger partial charge in [-0.05, 0) is 32.4 Å². The Bertz CT molecular complexity index is 494. The molecule has 0 aliphatic carbocycles. The summed E-state index contributed by atoms with van der Waals surface area (Å²) in [4.78, 5) is 8.38. The maximum Gasteiger partial charge on any atom is 0.0806 e. The minimum atomic E-state index is 0.158. The highest BCUT2D eigenvalue weighted by Gasteiger charge is 2.07. The van der Waals surface area contributed by atoms with Crippen LogP contribution < -0.4 is 5.32 Å². The molecule has 0 fully saturated rings. The number of aromatic nitrogens is 2. The van der Waals surface area contributed by atoms with Gasteiger partial charge in [0.05, 0.1) is 17.9 Å². The van der Waals surface area contributed by atoms with Gasteiger partial charge in [0.2, 0.25) is 0 Å². The molecular weight excluding hydrogens is 210 g/mol. The van der Waals surface area contributed by atoms with Crippen LogP contribution in [0.25, 0.3) is 0 Å². The van der Waals surface area contributed by atoms with Crippen molar-refractivity contribution in [1.82, 2.24) is 9.97 Å². The Morgan fingerprint density at radius 3 is 2.65 bits per heavy atom. The van der Waals surface area contributed by atoms with Crippen molar-refractivity contribution in [2.75, 3.05) is 5.32 Å². The molecule has 2 rings (SSSR count). The predicted molar refractivity (Wildman–Crippen MR) is 70.0 cm³/mol. The van der Waals surface area contributed by atoms with Crippen LogP contribution >= 0.6 is 0 Å². The molecule has 2 aromatic rings. The summed E-state index contributed by atoms with van der Waals surface area (Å²) in [5, 5.41) is 3.45. The average molecular weight is 227 g/mol. The maximum atomic E-state index is 4.30. The van der Waals surface area contributed by atoms with E-state index in [-0.39, 0.29) is 6.04 Å². The lowest BCUT2D eigenvalue weighted by molar-refractivity contribution is 0.826. The fraction of sp³-hybridized carbons (Fsp3) is 0.286. The Hall–Kier alpha value is -1.90. The second kappa shape index (κ2) is 4.95. The lowest BCUT2D eigenvalue weighted by Crippen LogP contribution is -2.09. The molecule has 0 aliphatic rings. The van der Waals surface area contributed by atoms with Gasteiger partial charge in [-0.1, -0.05) is 17.7 Å². The normalized spacial score (nSPS) is 12.2. The summed E-state index contributed by atoms with van der Waals surface area (Å²) in [7, 11) is 0. The molecule has 1 heterocycles. The zero-order valence-corrected chi connectivity index (χ0v) is 10.4. The van der Waals surface area contributed by atoms with Gasteiger partial charge in [-0.25, -0.2) is 0 Å². The number of benzene rings is 1. The zero-order chi connectivity index (χ0) is 12.3. The first-order chi connectivity index (χ1) is 8.16. The molecule has 88 valence electrons. The van der Waals surface area contributed by atoms with Crippen LogP contribution in [0.5, 0.6) is 0 Å². The monoisotopic (exact) mass is 227 g/mol. The van der Waals surface area contributed by atoms with E-state index in [1.807, 2.05) is 0 Å². The van der Waals surface area contributed by atoms with E-state index in [0.717, 1.165) is 11.4 Å². The summed E-state index contributed by atoms with van der Waals surface area (Å²) in [6.07, 6.45) is 5.20. The zero-order valence-electron chi connectivity index (χ0n) is 10.4. The third-order valence-corrected chi connectivity index (χ3v) is 2.78. The van der Waals surface area contributed by atoms with Gasteiger partial charge < -0.3 is 5.32 Å². The van der Waals surface area contributed by atoms with Crippen molar-refractivity contribution in [3.63, 3.8) is 0 Å². The van der Waals surface area contributed by atoms with Gasteiger partial charge in [-0.15, -0.1) is 0 Å². The van der Waals surface area contributed by atoms with Crippen LogP contribution in [0, 0.1) is 13.8 Å². The smallest absolute Gasteiger partial charge is 0.0806 e. The fourth-order valence-corrected chi connectivity index (χ4v) is 1.82. The summed E-state index contributed by atoms with van der Waals surface area (Å²) >= 11 is 0. The van der Waals surface area contributed by atoms with Crippen LogP contribution in [0.1, 0.15) is 29.8 Å². The van der Waals surface area contributed by atoms with Gasteiger partial charge in [-0.3, -0.25) is 9.97 Å². The van der Waals surface area contributed by atoms with E-state index in [1.54, 1.807) is 18.6 Å². The molecule has 17 heavy (non-hydrogen) atoms. The van der Waals surface area contributed by atoms with Gasteiger partial charge in [-0.2, -0.15) is 0 Å². The molecule has 0 amide bonds. The van der Waals surface area contributed by atoms with E-state index in [2.05, 4.69) is 54.3 Å². The van der Waals surface area contributed by atoms with Gasteiger partial charge in [0.1, 0.15) is 0 Å². The van der Waals surface area contributed by atoms with Crippen molar-refractivity contribution < 1.29 is 0 Å². The van der Waals surface area contributed by atoms with E-state index in [1.165, 1.54) is 11.1 Å².